The second kappa shape index (κ2) is 11.7. The first kappa shape index (κ1) is 28.1. The number of benzene rings is 1. The monoisotopic (exact) mass is 545 g/mol. The molecule has 0 bridgehead atoms. The highest BCUT2D eigenvalue weighted by Crippen LogP contribution is 2.27. The molecule has 14 heteroatoms. The van der Waals surface area contributed by atoms with Gasteiger partial charge in [0, 0.05) is 38.9 Å². The third-order valence-corrected chi connectivity index (χ3v) is 5.89. The minimum absolute atomic E-state index is 0. The number of hydrogen-bond acceptors (Lipinski definition) is 6. The third kappa shape index (κ3) is 6.86. The number of nitrogens with one attached hydrogen (secondary N) is 1. The molecule has 0 aliphatic carbocycles. The van der Waals surface area contributed by atoms with Crippen molar-refractivity contribution in [2.45, 2.75) is 18.8 Å². The summed E-state index contributed by atoms with van der Waals surface area (Å²) in [4.78, 5) is 45.4. The zero-order valence-corrected chi connectivity index (χ0v) is 20.2. The van der Waals surface area contributed by atoms with E-state index >= 15 is 0 Å². The summed E-state index contributed by atoms with van der Waals surface area (Å²) in [5, 5.41) is 2.49. The van der Waals surface area contributed by atoms with E-state index in [1.807, 2.05) is 4.90 Å². The second-order valence-corrected chi connectivity index (χ2v) is 8.35. The number of ether oxygens (including phenoxy) is 1. The van der Waals surface area contributed by atoms with Crippen molar-refractivity contribution < 1.29 is 36.7 Å². The summed E-state index contributed by atoms with van der Waals surface area (Å²) in [6, 6.07) is 6.35. The van der Waals surface area contributed by atoms with E-state index in [0.29, 0.717) is 37.6 Å². The fourth-order valence-corrected chi connectivity index (χ4v) is 3.98. The van der Waals surface area contributed by atoms with Crippen molar-refractivity contribution >= 4 is 30.3 Å². The molecule has 200 valence electrons. The maximum absolute atomic E-state index is 13.0. The maximum Gasteiger partial charge on any atom is 0.433 e. The Morgan fingerprint density at radius 1 is 1.11 bits per heavy atom. The van der Waals surface area contributed by atoms with Gasteiger partial charge in [0.2, 0.25) is 5.91 Å². The first-order valence-electron chi connectivity index (χ1n) is 11.1. The van der Waals surface area contributed by atoms with Crippen LogP contribution in [0.25, 0.3) is 0 Å². The van der Waals surface area contributed by atoms with Crippen LogP contribution in [0.1, 0.15) is 11.3 Å². The number of urea groups is 1. The number of aromatic nitrogens is 1. The van der Waals surface area contributed by atoms with E-state index in [4.69, 9.17) is 4.74 Å². The van der Waals surface area contributed by atoms with Crippen LogP contribution in [0.2, 0.25) is 0 Å². The molecule has 1 N–H and O–H groups in total. The van der Waals surface area contributed by atoms with Crippen LogP contribution in [-0.4, -0.2) is 82.9 Å². The van der Waals surface area contributed by atoms with Crippen molar-refractivity contribution in [2.75, 3.05) is 39.3 Å². The lowest BCUT2D eigenvalue weighted by Crippen LogP contribution is -2.53. The minimum atomic E-state index is -4.56. The molecule has 3 heterocycles. The molecule has 1 unspecified atom stereocenters. The summed E-state index contributed by atoms with van der Waals surface area (Å²) >= 11 is 0. The molecule has 0 saturated carbocycles. The lowest BCUT2D eigenvalue weighted by molar-refractivity contribution is -0.141. The summed E-state index contributed by atoms with van der Waals surface area (Å²) in [7, 11) is 0. The van der Waals surface area contributed by atoms with Crippen molar-refractivity contribution in [3.8, 4) is 5.75 Å². The molecule has 9 nitrogen and oxygen atoms in total. The molecular weight excluding hydrogens is 522 g/mol. The molecule has 4 rings (SSSR count). The van der Waals surface area contributed by atoms with Gasteiger partial charge in [0.05, 0.1) is 0 Å². The molecule has 1 aromatic carbocycles. The number of fused-ring (bicyclic) bond motifs is 1. The average molecular weight is 546 g/mol. The van der Waals surface area contributed by atoms with Gasteiger partial charge in [-0.3, -0.25) is 24.4 Å². The number of nitrogens with zero attached hydrogens (tertiary/aromatic N) is 4. The summed E-state index contributed by atoms with van der Waals surface area (Å²) in [5.41, 5.74) is -0.704. The predicted molar refractivity (Wildman–Crippen MR) is 124 cm³/mol. The smallest absolute Gasteiger partial charge is 0.433 e. The van der Waals surface area contributed by atoms with Crippen LogP contribution in [0.15, 0.2) is 42.6 Å². The van der Waals surface area contributed by atoms with E-state index in [1.54, 1.807) is 0 Å². The summed E-state index contributed by atoms with van der Waals surface area (Å²) in [5.74, 6) is -0.958. The Morgan fingerprint density at radius 2 is 1.84 bits per heavy atom. The number of carbonyl (C=O) groups excluding carboxylic acids is 3. The van der Waals surface area contributed by atoms with Gasteiger partial charge in [-0.2, -0.15) is 13.2 Å². The molecule has 0 spiro atoms. The summed E-state index contributed by atoms with van der Waals surface area (Å²) in [6.45, 7) is 1.31. The predicted octanol–water partition coefficient (Wildman–Crippen LogP) is 2.30. The van der Waals surface area contributed by atoms with Gasteiger partial charge < -0.3 is 15.0 Å². The van der Waals surface area contributed by atoms with Gasteiger partial charge in [-0.25, -0.2) is 9.18 Å². The van der Waals surface area contributed by atoms with Gasteiger partial charge in [-0.05, 0) is 35.9 Å². The van der Waals surface area contributed by atoms with Crippen LogP contribution in [0.3, 0.4) is 0 Å². The van der Waals surface area contributed by atoms with Crippen molar-refractivity contribution in [1.82, 2.24) is 25.0 Å². The lowest BCUT2D eigenvalue weighted by Gasteiger charge is -2.35. The minimum Gasteiger partial charge on any atom is -0.492 e. The molecule has 0 radical (unpaired) electrons. The van der Waals surface area contributed by atoms with Crippen molar-refractivity contribution in [1.29, 1.82) is 0 Å². The molecule has 37 heavy (non-hydrogen) atoms. The maximum atomic E-state index is 13.0. The molecule has 4 amide bonds. The second-order valence-electron chi connectivity index (χ2n) is 8.35. The van der Waals surface area contributed by atoms with Crippen molar-refractivity contribution in [3.05, 3.63) is 59.7 Å². The summed E-state index contributed by atoms with van der Waals surface area (Å²) in [6.07, 6.45) is -3.56. The third-order valence-electron chi connectivity index (χ3n) is 5.89. The molecule has 1 aromatic heterocycles. The number of rotatable bonds is 8. The van der Waals surface area contributed by atoms with E-state index < -0.39 is 42.3 Å². The molecule has 2 fully saturated rings. The molecule has 2 aromatic rings. The van der Waals surface area contributed by atoms with Gasteiger partial charge in [0.1, 0.15) is 36.5 Å². The van der Waals surface area contributed by atoms with E-state index in [-0.39, 0.29) is 31.3 Å². The van der Waals surface area contributed by atoms with E-state index in [0.717, 1.165) is 17.2 Å². The number of pyridine rings is 1. The topological polar surface area (TPSA) is 95.1 Å². The largest absolute Gasteiger partial charge is 0.492 e. The summed E-state index contributed by atoms with van der Waals surface area (Å²) < 4.78 is 56.4. The van der Waals surface area contributed by atoms with Gasteiger partial charge >= 0.3 is 12.2 Å². The van der Waals surface area contributed by atoms with Crippen LogP contribution in [-0.2, 0) is 22.3 Å². The average Bonchev–Trinajstić information content (AvgIpc) is 3.08. The Bertz CT molecular complexity index is 1120. The van der Waals surface area contributed by atoms with E-state index in [9.17, 15) is 31.9 Å². The zero-order valence-electron chi connectivity index (χ0n) is 19.4. The van der Waals surface area contributed by atoms with E-state index in [2.05, 4.69) is 10.3 Å². The number of imide groups is 1. The Labute approximate surface area is 215 Å². The Hall–Kier alpha value is -3.45. The molecule has 2 aliphatic heterocycles. The molecule has 1 atom stereocenters. The number of halogens is 5. The highest BCUT2D eigenvalue weighted by Gasteiger charge is 2.48. The number of piperazine rings is 1. The van der Waals surface area contributed by atoms with Crippen LogP contribution in [0, 0.1) is 5.82 Å². The number of amides is 4. The van der Waals surface area contributed by atoms with Crippen LogP contribution < -0.4 is 10.1 Å². The zero-order chi connectivity index (χ0) is 25.9. The normalized spacial score (nSPS) is 17.9. The van der Waals surface area contributed by atoms with Crippen LogP contribution in [0.5, 0.6) is 5.75 Å². The SMILES string of the molecule is Cl.O=C(CN1C(=O)C2CN(CCOc3ccc(F)cc3)CCN2C1=O)NCc1ccc(C(F)(F)F)nc1. The van der Waals surface area contributed by atoms with Gasteiger partial charge in [-0.1, -0.05) is 6.07 Å². The van der Waals surface area contributed by atoms with Crippen LogP contribution in [0.4, 0.5) is 22.4 Å². The number of alkyl halides is 3. The number of hydrogen-bond donors (Lipinski definition) is 1. The van der Waals surface area contributed by atoms with Gasteiger partial charge in [-0.15, -0.1) is 12.4 Å². The first-order chi connectivity index (χ1) is 17.1. The molecular formula is C23H24ClF4N5O4. The fourth-order valence-electron chi connectivity index (χ4n) is 3.98. The number of carbonyl (C=O) groups is 3. The van der Waals surface area contributed by atoms with Crippen molar-refractivity contribution in [2.24, 2.45) is 0 Å². The quantitative estimate of drug-likeness (QED) is 0.404. The fraction of sp³-hybridized carbons (Fsp3) is 0.391. The van der Waals surface area contributed by atoms with Crippen molar-refractivity contribution in [3.63, 3.8) is 0 Å². The standard InChI is InChI=1S/C23H23F4N5O4.ClH/c24-16-2-4-17(5-3-16)36-10-9-30-7-8-31-18(13-30)21(34)32(22(31)35)14-20(33)29-12-15-1-6-19(28-11-15)23(25,26)27;/h1-6,11,18H,7-10,12-14H2,(H,29,33);1H. The van der Waals surface area contributed by atoms with E-state index in [1.165, 1.54) is 35.2 Å². The Kier molecular flexibility index (Phi) is 8.92. The molecule has 2 aliphatic rings. The lowest BCUT2D eigenvalue weighted by atomic mass is 10.2. The highest BCUT2D eigenvalue weighted by atomic mass is 35.5. The molecule has 2 saturated heterocycles. The highest BCUT2D eigenvalue weighted by molar-refractivity contribution is 6.06. The first-order valence-corrected chi connectivity index (χ1v) is 11.1. The Balaban J connectivity index is 0.00000380. The van der Waals surface area contributed by atoms with Gasteiger partial charge in [0.15, 0.2) is 0 Å². The van der Waals surface area contributed by atoms with Gasteiger partial charge in [0.25, 0.3) is 5.91 Å². The van der Waals surface area contributed by atoms with Crippen LogP contribution >= 0.6 is 12.4 Å². The Morgan fingerprint density at radius 3 is 2.49 bits per heavy atom.